The number of para-hydroxylation sites is 1. The highest BCUT2D eigenvalue weighted by Crippen LogP contribution is 2.24. The molecule has 0 radical (unpaired) electrons. The minimum Gasteiger partial charge on any atom is -0.313 e. The van der Waals surface area contributed by atoms with Crippen molar-refractivity contribution in [3.05, 3.63) is 47.8 Å². The lowest BCUT2D eigenvalue weighted by atomic mass is 10.2. The number of hydrogen-bond acceptors (Lipinski definition) is 4. The van der Waals surface area contributed by atoms with Gasteiger partial charge in [-0.15, -0.1) is 0 Å². The molecule has 0 unspecified atom stereocenters. The first kappa shape index (κ1) is 14.5. The molecule has 0 saturated carbocycles. The van der Waals surface area contributed by atoms with Crippen molar-refractivity contribution in [3.8, 4) is 0 Å². The lowest BCUT2D eigenvalue weighted by Gasteiger charge is -2.22. The van der Waals surface area contributed by atoms with Crippen molar-refractivity contribution in [3.63, 3.8) is 0 Å². The van der Waals surface area contributed by atoms with Crippen LogP contribution in [0.3, 0.4) is 0 Å². The van der Waals surface area contributed by atoms with E-state index in [0.29, 0.717) is 0 Å². The summed E-state index contributed by atoms with van der Waals surface area (Å²) in [6.45, 7) is 8.92. The van der Waals surface area contributed by atoms with Crippen LogP contribution in [-0.4, -0.2) is 23.1 Å². The van der Waals surface area contributed by atoms with Crippen LogP contribution in [0.4, 0.5) is 11.6 Å². The minimum absolute atomic E-state index is 0.752. The number of nitrogens with zero attached hydrogens (tertiary/aromatic N) is 3. The van der Waals surface area contributed by atoms with E-state index in [4.69, 9.17) is 0 Å². The molecule has 0 spiro atoms. The summed E-state index contributed by atoms with van der Waals surface area (Å²) in [6.07, 6.45) is 3.79. The zero-order valence-electron chi connectivity index (χ0n) is 12.4. The van der Waals surface area contributed by atoms with E-state index >= 15 is 0 Å². The SMILES string of the molecule is CCNCc1cnc(N(CC)c2ccccc2C)nc1. The molecule has 20 heavy (non-hydrogen) atoms. The van der Waals surface area contributed by atoms with Crippen molar-refractivity contribution in [2.24, 2.45) is 0 Å². The van der Waals surface area contributed by atoms with E-state index in [1.165, 1.54) is 5.56 Å². The summed E-state index contributed by atoms with van der Waals surface area (Å²) in [5.41, 5.74) is 3.50. The second-order valence-corrected chi connectivity index (χ2v) is 4.70. The van der Waals surface area contributed by atoms with E-state index in [0.717, 1.165) is 36.8 Å². The molecule has 0 atom stereocenters. The van der Waals surface area contributed by atoms with Crippen LogP contribution in [0.2, 0.25) is 0 Å². The Bertz CT molecular complexity index is 536. The Balaban J connectivity index is 2.22. The first-order valence-corrected chi connectivity index (χ1v) is 7.11. The molecule has 0 amide bonds. The Morgan fingerprint density at radius 1 is 1.10 bits per heavy atom. The van der Waals surface area contributed by atoms with Crippen molar-refractivity contribution in [2.45, 2.75) is 27.3 Å². The summed E-state index contributed by atoms with van der Waals surface area (Å²) in [6, 6.07) is 8.31. The van der Waals surface area contributed by atoms with Gasteiger partial charge in [-0.1, -0.05) is 25.1 Å². The third-order valence-corrected chi connectivity index (χ3v) is 3.23. The van der Waals surface area contributed by atoms with E-state index in [2.05, 4.69) is 53.1 Å². The van der Waals surface area contributed by atoms with Crippen LogP contribution in [0.25, 0.3) is 0 Å². The second-order valence-electron chi connectivity index (χ2n) is 4.70. The molecule has 2 aromatic rings. The van der Waals surface area contributed by atoms with Gasteiger partial charge in [0.1, 0.15) is 0 Å². The monoisotopic (exact) mass is 270 g/mol. The first-order valence-electron chi connectivity index (χ1n) is 7.11. The van der Waals surface area contributed by atoms with Gasteiger partial charge in [-0.3, -0.25) is 0 Å². The van der Waals surface area contributed by atoms with Gasteiger partial charge in [-0.25, -0.2) is 9.97 Å². The smallest absolute Gasteiger partial charge is 0.229 e. The Hall–Kier alpha value is -1.94. The highest BCUT2D eigenvalue weighted by molar-refractivity contribution is 5.61. The maximum atomic E-state index is 4.50. The van der Waals surface area contributed by atoms with Crippen LogP contribution >= 0.6 is 0 Å². The van der Waals surface area contributed by atoms with E-state index < -0.39 is 0 Å². The van der Waals surface area contributed by atoms with Gasteiger partial charge in [-0.2, -0.15) is 0 Å². The van der Waals surface area contributed by atoms with Crippen LogP contribution in [-0.2, 0) is 6.54 Å². The zero-order valence-corrected chi connectivity index (χ0v) is 12.4. The van der Waals surface area contributed by atoms with Crippen LogP contribution < -0.4 is 10.2 Å². The zero-order chi connectivity index (χ0) is 14.4. The number of aryl methyl sites for hydroxylation is 1. The normalized spacial score (nSPS) is 10.6. The van der Waals surface area contributed by atoms with Crippen LogP contribution in [0, 0.1) is 6.92 Å². The lowest BCUT2D eigenvalue weighted by molar-refractivity contribution is 0.720. The first-order chi connectivity index (χ1) is 9.76. The Morgan fingerprint density at radius 3 is 2.40 bits per heavy atom. The predicted molar refractivity (Wildman–Crippen MR) is 83.3 cm³/mol. The molecule has 0 bridgehead atoms. The summed E-state index contributed by atoms with van der Waals surface area (Å²) in [5, 5.41) is 3.27. The standard InChI is InChI=1S/C16H22N4/c1-4-17-10-14-11-18-16(19-12-14)20(5-2)15-9-7-6-8-13(15)3/h6-9,11-12,17H,4-5,10H2,1-3H3. The minimum atomic E-state index is 0.752. The summed E-state index contributed by atoms with van der Waals surface area (Å²) in [7, 11) is 0. The highest BCUT2D eigenvalue weighted by atomic mass is 15.2. The van der Waals surface area contributed by atoms with Crippen LogP contribution in [0.1, 0.15) is 25.0 Å². The lowest BCUT2D eigenvalue weighted by Crippen LogP contribution is -2.20. The van der Waals surface area contributed by atoms with Crippen LogP contribution in [0.15, 0.2) is 36.7 Å². The molecule has 2 rings (SSSR count). The predicted octanol–water partition coefficient (Wildman–Crippen LogP) is 3.05. The molecule has 1 aromatic carbocycles. The molecule has 1 N–H and O–H groups in total. The fourth-order valence-electron chi connectivity index (χ4n) is 2.13. The summed E-state index contributed by atoms with van der Waals surface area (Å²) >= 11 is 0. The van der Waals surface area contributed by atoms with Crippen molar-refractivity contribution in [2.75, 3.05) is 18.0 Å². The van der Waals surface area contributed by atoms with Gasteiger partial charge in [0.2, 0.25) is 5.95 Å². The molecule has 0 aliphatic rings. The van der Waals surface area contributed by atoms with E-state index in [9.17, 15) is 0 Å². The van der Waals surface area contributed by atoms with Gasteiger partial charge in [0, 0.05) is 36.7 Å². The van der Waals surface area contributed by atoms with Gasteiger partial charge in [0.25, 0.3) is 0 Å². The number of rotatable bonds is 6. The average Bonchev–Trinajstić information content (AvgIpc) is 2.49. The highest BCUT2D eigenvalue weighted by Gasteiger charge is 2.11. The van der Waals surface area contributed by atoms with Gasteiger partial charge in [0.05, 0.1) is 0 Å². The Labute approximate surface area is 120 Å². The number of benzene rings is 1. The average molecular weight is 270 g/mol. The Kier molecular flexibility index (Phi) is 5.07. The van der Waals surface area contributed by atoms with E-state index in [1.54, 1.807) is 0 Å². The second kappa shape index (κ2) is 7.01. The summed E-state index contributed by atoms with van der Waals surface area (Å²) in [5.74, 6) is 0.752. The van der Waals surface area contributed by atoms with Crippen LogP contribution in [0.5, 0.6) is 0 Å². The van der Waals surface area contributed by atoms with Gasteiger partial charge >= 0.3 is 0 Å². The third-order valence-electron chi connectivity index (χ3n) is 3.23. The molecule has 4 nitrogen and oxygen atoms in total. The summed E-state index contributed by atoms with van der Waals surface area (Å²) in [4.78, 5) is 11.1. The topological polar surface area (TPSA) is 41.1 Å². The van der Waals surface area contributed by atoms with Crippen molar-refractivity contribution in [1.82, 2.24) is 15.3 Å². The fourth-order valence-corrected chi connectivity index (χ4v) is 2.13. The number of anilines is 2. The van der Waals surface area contributed by atoms with E-state index in [1.807, 2.05) is 24.5 Å². The third kappa shape index (κ3) is 3.33. The molecule has 0 aliphatic heterocycles. The van der Waals surface area contributed by atoms with Crippen molar-refractivity contribution < 1.29 is 0 Å². The summed E-state index contributed by atoms with van der Waals surface area (Å²) < 4.78 is 0. The van der Waals surface area contributed by atoms with Crippen molar-refractivity contribution >= 4 is 11.6 Å². The Morgan fingerprint density at radius 2 is 1.80 bits per heavy atom. The maximum Gasteiger partial charge on any atom is 0.229 e. The van der Waals surface area contributed by atoms with Gasteiger partial charge in [0.15, 0.2) is 0 Å². The van der Waals surface area contributed by atoms with E-state index in [-0.39, 0.29) is 0 Å². The molecule has 1 aromatic heterocycles. The number of nitrogens with one attached hydrogen (secondary N) is 1. The molecular formula is C16H22N4. The molecule has 106 valence electrons. The maximum absolute atomic E-state index is 4.50. The fraction of sp³-hybridized carbons (Fsp3) is 0.375. The van der Waals surface area contributed by atoms with Crippen molar-refractivity contribution in [1.29, 1.82) is 0 Å². The molecule has 4 heteroatoms. The molecule has 1 heterocycles. The molecular weight excluding hydrogens is 248 g/mol. The quantitative estimate of drug-likeness (QED) is 0.876. The largest absolute Gasteiger partial charge is 0.313 e. The van der Waals surface area contributed by atoms with Gasteiger partial charge < -0.3 is 10.2 Å². The molecule has 0 fully saturated rings. The van der Waals surface area contributed by atoms with Gasteiger partial charge in [-0.05, 0) is 32.0 Å². The molecule has 0 aliphatic carbocycles. The number of aromatic nitrogens is 2. The number of hydrogen-bond donors (Lipinski definition) is 1. The molecule has 0 saturated heterocycles.